The van der Waals surface area contributed by atoms with Crippen LogP contribution in [0.15, 0.2) is 76.4 Å². The molecule has 0 amide bonds. The summed E-state index contributed by atoms with van der Waals surface area (Å²) >= 11 is 1.51. The minimum absolute atomic E-state index is 0.149. The predicted molar refractivity (Wildman–Crippen MR) is 103 cm³/mol. The molecule has 4 nitrogen and oxygen atoms in total. The number of Topliss-reactive ketones (excluding diaryl/α,β-unsaturated/α-hetero) is 1. The summed E-state index contributed by atoms with van der Waals surface area (Å²) in [6.07, 6.45) is 0. The van der Waals surface area contributed by atoms with E-state index < -0.39 is 0 Å². The highest BCUT2D eigenvalue weighted by atomic mass is 32.1. The van der Waals surface area contributed by atoms with Crippen LogP contribution in [0.25, 0.3) is 0 Å². The van der Waals surface area contributed by atoms with Crippen molar-refractivity contribution in [1.29, 1.82) is 0 Å². The zero-order valence-electron chi connectivity index (χ0n) is 14.0. The minimum Gasteiger partial charge on any atom is -0.287 e. The number of benzene rings is 2. The van der Waals surface area contributed by atoms with E-state index in [9.17, 15) is 4.79 Å². The fourth-order valence-electron chi connectivity index (χ4n) is 2.38. The first-order chi connectivity index (χ1) is 12.2. The number of nitrogens with zero attached hydrogens (tertiary/aromatic N) is 3. The first kappa shape index (κ1) is 16.9. The van der Waals surface area contributed by atoms with Crippen LogP contribution in [0.3, 0.4) is 0 Å². The molecule has 0 fully saturated rings. The fraction of sp³-hybridized carbons (Fsp3) is 0.100. The van der Waals surface area contributed by atoms with Crippen molar-refractivity contribution < 1.29 is 4.79 Å². The number of thiazole rings is 1. The SMILES string of the molecule is CC(=NN=C(C(=O)c1ccccc1)c1ccccc1)c1scnc1C. The predicted octanol–water partition coefficient (Wildman–Crippen LogP) is 4.55. The lowest BCUT2D eigenvalue weighted by Crippen LogP contribution is -2.15. The highest BCUT2D eigenvalue weighted by Crippen LogP contribution is 2.14. The van der Waals surface area contributed by atoms with Crippen molar-refractivity contribution in [2.75, 3.05) is 0 Å². The average Bonchev–Trinajstić information content (AvgIpc) is 3.09. The largest absolute Gasteiger partial charge is 0.287 e. The zero-order valence-corrected chi connectivity index (χ0v) is 14.8. The second-order valence-electron chi connectivity index (χ2n) is 5.46. The van der Waals surface area contributed by atoms with Gasteiger partial charge >= 0.3 is 0 Å². The van der Waals surface area contributed by atoms with E-state index in [1.807, 2.05) is 62.4 Å². The van der Waals surface area contributed by atoms with Crippen molar-refractivity contribution in [2.24, 2.45) is 10.2 Å². The molecule has 0 N–H and O–H groups in total. The summed E-state index contributed by atoms with van der Waals surface area (Å²) in [6, 6.07) is 18.5. The number of carbonyl (C=O) groups excluding carboxylic acids is 1. The van der Waals surface area contributed by atoms with E-state index >= 15 is 0 Å². The molecule has 0 aliphatic heterocycles. The number of rotatable bonds is 5. The molecule has 124 valence electrons. The zero-order chi connectivity index (χ0) is 17.6. The maximum Gasteiger partial charge on any atom is 0.213 e. The molecule has 0 saturated carbocycles. The molecule has 2 aromatic carbocycles. The van der Waals surface area contributed by atoms with Gasteiger partial charge in [-0.05, 0) is 13.8 Å². The van der Waals surface area contributed by atoms with E-state index in [2.05, 4.69) is 15.2 Å². The van der Waals surface area contributed by atoms with E-state index in [1.165, 1.54) is 11.3 Å². The molecule has 0 aliphatic rings. The molecule has 0 unspecified atom stereocenters. The summed E-state index contributed by atoms with van der Waals surface area (Å²) < 4.78 is 0. The number of aryl methyl sites for hydroxylation is 1. The quantitative estimate of drug-likeness (QED) is 0.386. The third-order valence-corrected chi connectivity index (χ3v) is 4.71. The third-order valence-electron chi connectivity index (χ3n) is 3.67. The lowest BCUT2D eigenvalue weighted by molar-refractivity contribution is 0.106. The Labute approximate surface area is 150 Å². The normalized spacial score (nSPS) is 12.2. The van der Waals surface area contributed by atoms with Crippen LogP contribution >= 0.6 is 11.3 Å². The van der Waals surface area contributed by atoms with E-state index in [-0.39, 0.29) is 5.78 Å². The lowest BCUT2D eigenvalue weighted by Gasteiger charge is -2.05. The van der Waals surface area contributed by atoms with Crippen LogP contribution in [0, 0.1) is 6.92 Å². The minimum atomic E-state index is -0.149. The highest BCUT2D eigenvalue weighted by molar-refractivity contribution is 7.12. The molecule has 25 heavy (non-hydrogen) atoms. The lowest BCUT2D eigenvalue weighted by atomic mass is 10.0. The second-order valence-corrected chi connectivity index (χ2v) is 6.32. The standard InChI is InChI=1S/C20H17N3OS/c1-14-20(25-13-21-14)15(2)22-23-18(16-9-5-3-6-10-16)19(24)17-11-7-4-8-12-17/h3-13H,1-2H3. The molecule has 0 atom stereocenters. The Hall–Kier alpha value is -2.92. The smallest absolute Gasteiger partial charge is 0.213 e. The van der Waals surface area contributed by atoms with Gasteiger partial charge in [0.1, 0.15) is 5.71 Å². The van der Waals surface area contributed by atoms with E-state index in [0.29, 0.717) is 11.3 Å². The van der Waals surface area contributed by atoms with Crippen molar-refractivity contribution in [3.63, 3.8) is 0 Å². The fourth-order valence-corrected chi connectivity index (χ4v) is 3.13. The van der Waals surface area contributed by atoms with Crippen LogP contribution in [-0.4, -0.2) is 22.2 Å². The van der Waals surface area contributed by atoms with Crippen molar-refractivity contribution in [3.8, 4) is 0 Å². The van der Waals surface area contributed by atoms with Crippen molar-refractivity contribution in [1.82, 2.24) is 4.98 Å². The maximum absolute atomic E-state index is 12.9. The van der Waals surface area contributed by atoms with Gasteiger partial charge in [-0.25, -0.2) is 4.98 Å². The summed E-state index contributed by atoms with van der Waals surface area (Å²) in [6.45, 7) is 3.81. The summed E-state index contributed by atoms with van der Waals surface area (Å²) in [7, 11) is 0. The Kier molecular flexibility index (Phi) is 5.26. The van der Waals surface area contributed by atoms with Gasteiger partial charge < -0.3 is 0 Å². The van der Waals surface area contributed by atoms with Crippen LogP contribution in [0.1, 0.15) is 33.4 Å². The molecule has 0 bridgehead atoms. The molecular formula is C20H17N3OS. The second kappa shape index (κ2) is 7.77. The van der Waals surface area contributed by atoms with Gasteiger partial charge in [-0.1, -0.05) is 60.7 Å². The van der Waals surface area contributed by atoms with E-state index in [0.717, 1.165) is 21.8 Å². The molecule has 1 aromatic heterocycles. The number of carbonyl (C=O) groups is 1. The van der Waals surface area contributed by atoms with Gasteiger partial charge in [0, 0.05) is 11.1 Å². The van der Waals surface area contributed by atoms with Crippen molar-refractivity contribution in [2.45, 2.75) is 13.8 Å². The van der Waals surface area contributed by atoms with Crippen LogP contribution in [-0.2, 0) is 0 Å². The molecular weight excluding hydrogens is 330 g/mol. The monoisotopic (exact) mass is 347 g/mol. The Morgan fingerprint density at radius 1 is 0.920 bits per heavy atom. The first-order valence-electron chi connectivity index (χ1n) is 7.84. The van der Waals surface area contributed by atoms with Gasteiger partial charge in [0.25, 0.3) is 0 Å². The number of hydrogen-bond acceptors (Lipinski definition) is 5. The van der Waals surface area contributed by atoms with Crippen molar-refractivity contribution >= 4 is 28.5 Å². The maximum atomic E-state index is 12.9. The summed E-state index contributed by atoms with van der Waals surface area (Å²) in [5.74, 6) is -0.149. The van der Waals surface area contributed by atoms with Crippen molar-refractivity contribution in [3.05, 3.63) is 87.9 Å². The molecule has 1 heterocycles. The van der Waals surface area contributed by atoms with Gasteiger partial charge in [-0.3, -0.25) is 4.79 Å². The molecule has 0 saturated heterocycles. The first-order valence-corrected chi connectivity index (χ1v) is 8.72. The van der Waals surface area contributed by atoms with Gasteiger partial charge in [0.2, 0.25) is 5.78 Å². The Bertz CT molecular complexity index is 928. The van der Waals surface area contributed by atoms with E-state index in [1.54, 1.807) is 17.6 Å². The van der Waals surface area contributed by atoms with Gasteiger partial charge in [0.15, 0.2) is 0 Å². The molecule has 0 spiro atoms. The van der Waals surface area contributed by atoms with Crippen LogP contribution in [0.2, 0.25) is 0 Å². The van der Waals surface area contributed by atoms with Gasteiger partial charge in [-0.2, -0.15) is 5.10 Å². The number of aromatic nitrogens is 1. The molecule has 0 aliphatic carbocycles. The summed E-state index contributed by atoms with van der Waals surface area (Å²) in [5.41, 5.74) is 5.10. The summed E-state index contributed by atoms with van der Waals surface area (Å²) in [5, 5.41) is 8.61. The Morgan fingerprint density at radius 3 is 2.08 bits per heavy atom. The number of ketones is 1. The molecule has 3 aromatic rings. The Balaban J connectivity index is 2.03. The van der Waals surface area contributed by atoms with Gasteiger partial charge in [0.05, 0.1) is 21.8 Å². The third kappa shape index (κ3) is 3.95. The Morgan fingerprint density at radius 2 is 1.52 bits per heavy atom. The van der Waals surface area contributed by atoms with Crippen LogP contribution < -0.4 is 0 Å². The highest BCUT2D eigenvalue weighted by Gasteiger charge is 2.16. The molecule has 3 rings (SSSR count). The summed E-state index contributed by atoms with van der Waals surface area (Å²) in [4.78, 5) is 18.1. The topological polar surface area (TPSA) is 54.7 Å². The number of hydrogen-bond donors (Lipinski definition) is 0. The van der Waals surface area contributed by atoms with E-state index in [4.69, 9.17) is 0 Å². The molecule has 0 radical (unpaired) electrons. The van der Waals surface area contributed by atoms with Crippen LogP contribution in [0.4, 0.5) is 0 Å². The molecule has 5 heteroatoms. The average molecular weight is 347 g/mol. The van der Waals surface area contributed by atoms with Gasteiger partial charge in [-0.15, -0.1) is 16.4 Å². The van der Waals surface area contributed by atoms with Crippen LogP contribution in [0.5, 0.6) is 0 Å².